The van der Waals surface area contributed by atoms with Crippen LogP contribution in [0.5, 0.6) is 0 Å². The molecule has 94 valence electrons. The second-order valence-electron chi connectivity index (χ2n) is 3.32. The van der Waals surface area contributed by atoms with Crippen molar-refractivity contribution in [3.63, 3.8) is 0 Å². The average molecular weight is 271 g/mol. The third kappa shape index (κ3) is 3.24. The molecule has 1 heterocycles. The summed E-state index contributed by atoms with van der Waals surface area (Å²) in [4.78, 5) is 15.4. The number of hydrogen-bond donors (Lipinski definition) is 1. The van der Waals surface area contributed by atoms with Crippen LogP contribution in [-0.2, 0) is 0 Å². The molecule has 0 fully saturated rings. The van der Waals surface area contributed by atoms with Crippen LogP contribution in [0, 0.1) is 11.6 Å². The van der Waals surface area contributed by atoms with E-state index in [4.69, 9.17) is 0 Å². The molecular formula is C12H9ClF2N2O. The molecule has 1 N–H and O–H groups in total. The Morgan fingerprint density at radius 3 is 2.67 bits per heavy atom. The van der Waals surface area contributed by atoms with Crippen LogP contribution in [-0.4, -0.2) is 10.9 Å². The molecule has 0 bridgehead atoms. The number of carbonyl (C=O) groups excluding carboxylic acids is 1. The maximum Gasteiger partial charge on any atom is 0.257 e. The normalized spacial score (nSPS) is 9.44. The number of pyridine rings is 1. The lowest BCUT2D eigenvalue weighted by Crippen LogP contribution is -2.13. The number of anilines is 1. The molecule has 0 atom stereocenters. The van der Waals surface area contributed by atoms with E-state index in [1.54, 1.807) is 6.07 Å². The van der Waals surface area contributed by atoms with Crippen molar-refractivity contribution in [2.75, 3.05) is 5.32 Å². The number of halogens is 3. The topological polar surface area (TPSA) is 42.0 Å². The van der Waals surface area contributed by atoms with Crippen molar-refractivity contribution < 1.29 is 13.6 Å². The molecule has 6 heteroatoms. The van der Waals surface area contributed by atoms with E-state index in [1.807, 2.05) is 0 Å². The predicted octanol–water partition coefficient (Wildman–Crippen LogP) is 3.03. The molecular weight excluding hydrogens is 262 g/mol. The highest BCUT2D eigenvalue weighted by molar-refractivity contribution is 6.04. The van der Waals surface area contributed by atoms with Gasteiger partial charge in [0.15, 0.2) is 0 Å². The molecule has 1 amide bonds. The molecule has 0 radical (unpaired) electrons. The Bertz CT molecular complexity index is 549. The molecule has 0 saturated carbocycles. The molecule has 0 aliphatic heterocycles. The highest BCUT2D eigenvalue weighted by Crippen LogP contribution is 2.16. The van der Waals surface area contributed by atoms with E-state index in [-0.39, 0.29) is 23.7 Å². The van der Waals surface area contributed by atoms with Crippen molar-refractivity contribution in [1.82, 2.24) is 4.98 Å². The van der Waals surface area contributed by atoms with Crippen LogP contribution >= 0.6 is 12.4 Å². The number of aromatic nitrogens is 1. The van der Waals surface area contributed by atoms with Crippen LogP contribution in [0.15, 0.2) is 42.7 Å². The fourth-order valence-electron chi connectivity index (χ4n) is 1.28. The van der Waals surface area contributed by atoms with Gasteiger partial charge in [0.05, 0.1) is 11.3 Å². The summed E-state index contributed by atoms with van der Waals surface area (Å²) < 4.78 is 26.1. The maximum absolute atomic E-state index is 13.2. The number of rotatable bonds is 2. The van der Waals surface area contributed by atoms with Crippen molar-refractivity contribution in [2.24, 2.45) is 0 Å². The van der Waals surface area contributed by atoms with E-state index in [2.05, 4.69) is 10.3 Å². The lowest BCUT2D eigenvalue weighted by molar-refractivity contribution is 0.102. The van der Waals surface area contributed by atoms with Gasteiger partial charge in [-0.25, -0.2) is 8.78 Å². The highest BCUT2D eigenvalue weighted by atomic mass is 35.5. The van der Waals surface area contributed by atoms with E-state index in [0.29, 0.717) is 0 Å². The van der Waals surface area contributed by atoms with E-state index >= 15 is 0 Å². The lowest BCUT2D eigenvalue weighted by atomic mass is 10.2. The Labute approximate surface area is 108 Å². The average Bonchev–Trinajstić information content (AvgIpc) is 2.35. The Morgan fingerprint density at radius 2 is 2.00 bits per heavy atom. The number of carbonyl (C=O) groups is 1. The lowest BCUT2D eigenvalue weighted by Gasteiger charge is -2.05. The van der Waals surface area contributed by atoms with Crippen molar-refractivity contribution in [3.8, 4) is 0 Å². The molecule has 18 heavy (non-hydrogen) atoms. The first-order valence-electron chi connectivity index (χ1n) is 4.83. The van der Waals surface area contributed by atoms with E-state index in [0.717, 1.165) is 18.2 Å². The monoisotopic (exact) mass is 270 g/mol. The summed E-state index contributed by atoms with van der Waals surface area (Å²) in [6, 6.07) is 5.96. The fourth-order valence-corrected chi connectivity index (χ4v) is 1.28. The van der Waals surface area contributed by atoms with Gasteiger partial charge in [-0.2, -0.15) is 0 Å². The first-order chi connectivity index (χ1) is 8.16. The fraction of sp³-hybridized carbons (Fsp3) is 0. The number of hydrogen-bond acceptors (Lipinski definition) is 2. The third-order valence-electron chi connectivity index (χ3n) is 2.10. The molecule has 0 aliphatic rings. The van der Waals surface area contributed by atoms with Gasteiger partial charge in [-0.1, -0.05) is 0 Å². The molecule has 1 aromatic heterocycles. The zero-order valence-corrected chi connectivity index (χ0v) is 9.88. The van der Waals surface area contributed by atoms with Gasteiger partial charge >= 0.3 is 0 Å². The first-order valence-corrected chi connectivity index (χ1v) is 4.83. The van der Waals surface area contributed by atoms with Crippen molar-refractivity contribution >= 4 is 24.0 Å². The van der Waals surface area contributed by atoms with Crippen LogP contribution in [0.4, 0.5) is 14.5 Å². The number of amides is 1. The largest absolute Gasteiger partial charge is 0.319 e. The van der Waals surface area contributed by atoms with E-state index < -0.39 is 17.5 Å². The number of benzene rings is 1. The SMILES string of the molecule is Cl.O=C(Nc1cc(F)ccc1F)c1cccnc1. The van der Waals surface area contributed by atoms with Gasteiger partial charge in [0.25, 0.3) is 5.91 Å². The minimum atomic E-state index is -0.691. The summed E-state index contributed by atoms with van der Waals surface area (Å²) in [5.41, 5.74) is 0.0787. The molecule has 0 aliphatic carbocycles. The van der Waals surface area contributed by atoms with Crippen molar-refractivity contribution in [2.45, 2.75) is 0 Å². The van der Waals surface area contributed by atoms with Gasteiger partial charge in [0.2, 0.25) is 0 Å². The molecule has 0 saturated heterocycles. The van der Waals surface area contributed by atoms with E-state index in [1.165, 1.54) is 18.5 Å². The van der Waals surface area contributed by atoms with Crippen molar-refractivity contribution in [1.29, 1.82) is 0 Å². The second-order valence-corrected chi connectivity index (χ2v) is 3.32. The number of nitrogens with one attached hydrogen (secondary N) is 1. The van der Waals surface area contributed by atoms with Gasteiger partial charge in [-0.05, 0) is 24.3 Å². The minimum absolute atomic E-state index is 0. The van der Waals surface area contributed by atoms with E-state index in [9.17, 15) is 13.6 Å². The quantitative estimate of drug-likeness (QED) is 0.911. The van der Waals surface area contributed by atoms with Crippen LogP contribution in [0.25, 0.3) is 0 Å². The maximum atomic E-state index is 13.2. The summed E-state index contributed by atoms with van der Waals surface area (Å²) in [6.07, 6.45) is 2.85. The first kappa shape index (κ1) is 14.1. The summed E-state index contributed by atoms with van der Waals surface area (Å²) in [6.45, 7) is 0. The van der Waals surface area contributed by atoms with Gasteiger partial charge in [0, 0.05) is 18.5 Å². The van der Waals surface area contributed by atoms with Gasteiger partial charge < -0.3 is 5.32 Å². The molecule has 2 aromatic rings. The standard InChI is InChI=1S/C12H8F2N2O.ClH/c13-9-3-4-10(14)11(6-9)16-12(17)8-2-1-5-15-7-8;/h1-7H,(H,16,17);1H. The summed E-state index contributed by atoms with van der Waals surface area (Å²) >= 11 is 0. The van der Waals surface area contributed by atoms with Crippen molar-refractivity contribution in [3.05, 3.63) is 59.9 Å². The third-order valence-corrected chi connectivity index (χ3v) is 2.10. The minimum Gasteiger partial charge on any atom is -0.319 e. The second kappa shape index (κ2) is 6.07. The Morgan fingerprint density at radius 1 is 1.22 bits per heavy atom. The summed E-state index contributed by atoms with van der Waals surface area (Å²) in [5, 5.41) is 2.27. The number of nitrogens with zero attached hydrogens (tertiary/aromatic N) is 1. The Hall–Kier alpha value is -2.01. The summed E-state index contributed by atoms with van der Waals surface area (Å²) in [5.74, 6) is -1.85. The van der Waals surface area contributed by atoms with Crippen LogP contribution in [0.3, 0.4) is 0 Å². The molecule has 0 unspecified atom stereocenters. The van der Waals surface area contributed by atoms with Crippen LogP contribution in [0.1, 0.15) is 10.4 Å². The smallest absolute Gasteiger partial charge is 0.257 e. The predicted molar refractivity (Wildman–Crippen MR) is 65.8 cm³/mol. The zero-order chi connectivity index (χ0) is 12.3. The summed E-state index contributed by atoms with van der Waals surface area (Å²) in [7, 11) is 0. The molecule has 1 aromatic carbocycles. The highest BCUT2D eigenvalue weighted by Gasteiger charge is 2.09. The Kier molecular flexibility index (Phi) is 4.74. The Balaban J connectivity index is 0.00000162. The van der Waals surface area contributed by atoms with Crippen LogP contribution in [0.2, 0.25) is 0 Å². The molecule has 3 nitrogen and oxygen atoms in total. The van der Waals surface area contributed by atoms with Gasteiger partial charge in [-0.15, -0.1) is 12.4 Å². The molecule has 2 rings (SSSR count). The molecule has 0 spiro atoms. The zero-order valence-electron chi connectivity index (χ0n) is 9.06. The van der Waals surface area contributed by atoms with Crippen LogP contribution < -0.4 is 5.32 Å². The van der Waals surface area contributed by atoms with Gasteiger partial charge in [-0.3, -0.25) is 9.78 Å². The van der Waals surface area contributed by atoms with Gasteiger partial charge in [0.1, 0.15) is 11.6 Å².